The van der Waals surface area contributed by atoms with Gasteiger partial charge in [-0.2, -0.15) is 5.26 Å². The molecule has 0 atom stereocenters. The fourth-order valence-corrected chi connectivity index (χ4v) is 2.07. The van der Waals surface area contributed by atoms with Crippen LogP contribution >= 0.6 is 0 Å². The zero-order valence-electron chi connectivity index (χ0n) is 10.2. The molecule has 0 N–H and O–H groups in total. The number of fused-ring (bicyclic) bond motifs is 1. The molecule has 1 fully saturated rings. The predicted octanol–water partition coefficient (Wildman–Crippen LogP) is 2.49. The Balaban J connectivity index is 1.85. The maximum absolute atomic E-state index is 8.85. The Kier molecular flexibility index (Phi) is 2.99. The summed E-state index contributed by atoms with van der Waals surface area (Å²) in [6, 6.07) is 10.1. The molecule has 0 unspecified atom stereocenters. The van der Waals surface area contributed by atoms with Crippen molar-refractivity contribution in [1.82, 2.24) is 9.55 Å². The van der Waals surface area contributed by atoms with Gasteiger partial charge in [0.2, 0.25) is 0 Å². The third kappa shape index (κ3) is 2.22. The molecule has 92 valence electrons. The van der Waals surface area contributed by atoms with Gasteiger partial charge in [0.1, 0.15) is 12.6 Å². The molecule has 4 nitrogen and oxygen atoms in total. The van der Waals surface area contributed by atoms with E-state index in [1.807, 2.05) is 28.8 Å². The van der Waals surface area contributed by atoms with Crippen molar-refractivity contribution in [3.05, 3.63) is 30.1 Å². The van der Waals surface area contributed by atoms with E-state index in [0.717, 1.165) is 29.4 Å². The molecule has 1 aliphatic carbocycles. The van der Waals surface area contributed by atoms with Crippen molar-refractivity contribution in [3.63, 3.8) is 0 Å². The summed E-state index contributed by atoms with van der Waals surface area (Å²) in [5, 5.41) is 8.85. The first kappa shape index (κ1) is 11.2. The maximum Gasteiger partial charge on any atom is 0.126 e. The third-order valence-electron chi connectivity index (χ3n) is 3.24. The highest BCUT2D eigenvalue weighted by molar-refractivity contribution is 5.75. The molecule has 4 heteroatoms. The van der Waals surface area contributed by atoms with Gasteiger partial charge in [-0.05, 0) is 30.9 Å². The highest BCUT2D eigenvalue weighted by Gasteiger charge is 2.21. The third-order valence-corrected chi connectivity index (χ3v) is 3.24. The highest BCUT2D eigenvalue weighted by Crippen LogP contribution is 2.29. The SMILES string of the molecule is N#CCc1nc2ccccc2n1COCC1CC1. The monoisotopic (exact) mass is 241 g/mol. The van der Waals surface area contributed by atoms with Gasteiger partial charge in [0, 0.05) is 0 Å². The number of rotatable bonds is 5. The fourth-order valence-electron chi connectivity index (χ4n) is 2.07. The zero-order chi connectivity index (χ0) is 12.4. The standard InChI is InChI=1S/C14H15N3O/c15-8-7-14-16-12-3-1-2-4-13(12)17(14)10-18-9-11-5-6-11/h1-4,11H,5-7,9-10H2. The molecule has 1 saturated carbocycles. The predicted molar refractivity (Wildman–Crippen MR) is 67.7 cm³/mol. The van der Waals surface area contributed by atoms with Gasteiger partial charge >= 0.3 is 0 Å². The molecule has 1 aliphatic rings. The van der Waals surface area contributed by atoms with Crippen LogP contribution in [0, 0.1) is 17.2 Å². The van der Waals surface area contributed by atoms with E-state index in [9.17, 15) is 0 Å². The normalized spacial score (nSPS) is 14.8. The first-order valence-electron chi connectivity index (χ1n) is 6.27. The summed E-state index contributed by atoms with van der Waals surface area (Å²) in [7, 11) is 0. The largest absolute Gasteiger partial charge is 0.360 e. The van der Waals surface area contributed by atoms with Crippen LogP contribution in [0.5, 0.6) is 0 Å². The molecular formula is C14H15N3O. The number of para-hydroxylation sites is 2. The minimum Gasteiger partial charge on any atom is -0.360 e. The number of nitriles is 1. The van der Waals surface area contributed by atoms with E-state index in [1.165, 1.54) is 12.8 Å². The molecular weight excluding hydrogens is 226 g/mol. The summed E-state index contributed by atoms with van der Waals surface area (Å²) < 4.78 is 7.71. The smallest absolute Gasteiger partial charge is 0.126 e. The van der Waals surface area contributed by atoms with E-state index in [4.69, 9.17) is 10.00 Å². The fraction of sp³-hybridized carbons (Fsp3) is 0.429. The van der Waals surface area contributed by atoms with Gasteiger partial charge in [0.05, 0.1) is 30.1 Å². The average Bonchev–Trinajstić information content (AvgIpc) is 3.14. The lowest BCUT2D eigenvalue weighted by Crippen LogP contribution is -2.08. The van der Waals surface area contributed by atoms with Crippen molar-refractivity contribution in [2.75, 3.05) is 6.61 Å². The van der Waals surface area contributed by atoms with Crippen LogP contribution in [0.1, 0.15) is 18.7 Å². The lowest BCUT2D eigenvalue weighted by molar-refractivity contribution is 0.0699. The van der Waals surface area contributed by atoms with Gasteiger partial charge in [-0.25, -0.2) is 4.98 Å². The van der Waals surface area contributed by atoms with Gasteiger partial charge < -0.3 is 9.30 Å². The van der Waals surface area contributed by atoms with Crippen molar-refractivity contribution in [2.45, 2.75) is 26.0 Å². The van der Waals surface area contributed by atoms with E-state index in [1.54, 1.807) is 0 Å². The molecule has 1 aromatic carbocycles. The van der Waals surface area contributed by atoms with Crippen LogP contribution in [0.15, 0.2) is 24.3 Å². The molecule has 3 rings (SSSR count). The van der Waals surface area contributed by atoms with Crippen molar-refractivity contribution in [3.8, 4) is 6.07 Å². The number of aromatic nitrogens is 2. The topological polar surface area (TPSA) is 50.8 Å². The van der Waals surface area contributed by atoms with Crippen LogP contribution < -0.4 is 0 Å². The van der Waals surface area contributed by atoms with Gasteiger partial charge in [-0.15, -0.1) is 0 Å². The average molecular weight is 241 g/mol. The molecule has 0 bridgehead atoms. The summed E-state index contributed by atoms with van der Waals surface area (Å²) in [5.74, 6) is 1.54. The lowest BCUT2D eigenvalue weighted by atomic mass is 10.3. The van der Waals surface area contributed by atoms with Gasteiger partial charge in [0.15, 0.2) is 0 Å². The van der Waals surface area contributed by atoms with E-state index >= 15 is 0 Å². The molecule has 1 aromatic heterocycles. The molecule has 0 aliphatic heterocycles. The second kappa shape index (κ2) is 4.79. The first-order valence-corrected chi connectivity index (χ1v) is 6.27. The second-order valence-corrected chi connectivity index (χ2v) is 4.72. The molecule has 0 spiro atoms. The summed E-state index contributed by atoms with van der Waals surface area (Å²) >= 11 is 0. The molecule has 18 heavy (non-hydrogen) atoms. The van der Waals surface area contributed by atoms with Crippen LogP contribution in [0.25, 0.3) is 11.0 Å². The second-order valence-electron chi connectivity index (χ2n) is 4.72. The summed E-state index contributed by atoms with van der Waals surface area (Å²) in [6.07, 6.45) is 2.90. The van der Waals surface area contributed by atoms with E-state index in [0.29, 0.717) is 13.2 Å². The highest BCUT2D eigenvalue weighted by atomic mass is 16.5. The number of nitrogens with zero attached hydrogens (tertiary/aromatic N) is 3. The van der Waals surface area contributed by atoms with Gasteiger partial charge in [-0.3, -0.25) is 0 Å². The molecule has 1 heterocycles. The first-order chi connectivity index (χ1) is 8.88. The number of ether oxygens (including phenoxy) is 1. The molecule has 0 radical (unpaired) electrons. The Morgan fingerprint density at radius 1 is 1.39 bits per heavy atom. The van der Waals surface area contributed by atoms with E-state index < -0.39 is 0 Å². The summed E-state index contributed by atoms with van der Waals surface area (Å²) in [5.41, 5.74) is 1.97. The van der Waals surface area contributed by atoms with Crippen LogP contribution in [-0.4, -0.2) is 16.2 Å². The van der Waals surface area contributed by atoms with Gasteiger partial charge in [0.25, 0.3) is 0 Å². The maximum atomic E-state index is 8.85. The Morgan fingerprint density at radius 3 is 3.00 bits per heavy atom. The molecule has 0 amide bonds. The van der Waals surface area contributed by atoms with Crippen molar-refractivity contribution in [1.29, 1.82) is 5.26 Å². The lowest BCUT2D eigenvalue weighted by Gasteiger charge is -2.08. The quantitative estimate of drug-likeness (QED) is 0.808. The Morgan fingerprint density at radius 2 is 2.22 bits per heavy atom. The van der Waals surface area contributed by atoms with Crippen LogP contribution in [0.2, 0.25) is 0 Å². The van der Waals surface area contributed by atoms with Crippen LogP contribution in [0.4, 0.5) is 0 Å². The summed E-state index contributed by atoms with van der Waals surface area (Å²) in [6.45, 7) is 1.31. The van der Waals surface area contributed by atoms with Crippen molar-refractivity contribution >= 4 is 11.0 Å². The summed E-state index contributed by atoms with van der Waals surface area (Å²) in [4.78, 5) is 4.48. The Labute approximate surface area is 106 Å². The van der Waals surface area contributed by atoms with Crippen molar-refractivity contribution < 1.29 is 4.74 Å². The number of hydrogen-bond acceptors (Lipinski definition) is 3. The zero-order valence-corrected chi connectivity index (χ0v) is 10.2. The minimum atomic E-state index is 0.321. The van der Waals surface area contributed by atoms with Gasteiger partial charge in [-0.1, -0.05) is 12.1 Å². The number of imidazole rings is 1. The van der Waals surface area contributed by atoms with E-state index in [2.05, 4.69) is 11.1 Å². The number of hydrogen-bond donors (Lipinski definition) is 0. The van der Waals surface area contributed by atoms with Crippen molar-refractivity contribution in [2.24, 2.45) is 5.92 Å². The van der Waals surface area contributed by atoms with Crippen LogP contribution in [0.3, 0.4) is 0 Å². The Hall–Kier alpha value is -1.86. The molecule has 0 saturated heterocycles. The Bertz CT molecular complexity index is 593. The molecule has 2 aromatic rings. The van der Waals surface area contributed by atoms with E-state index in [-0.39, 0.29) is 0 Å². The number of benzene rings is 1. The minimum absolute atomic E-state index is 0.321. The van der Waals surface area contributed by atoms with Crippen LogP contribution in [-0.2, 0) is 17.9 Å².